The van der Waals surface area contributed by atoms with E-state index >= 15 is 0 Å². The SMILES string of the molecule is Cn1c(Cc2nc3c(Cc4ccccc4)nc(-c4ccccc4)cn3c2O)cc2sccc21. The molecule has 33 heavy (non-hydrogen) atoms. The van der Waals surface area contributed by atoms with Crippen molar-refractivity contribution < 1.29 is 5.11 Å². The number of hydrogen-bond acceptors (Lipinski definition) is 4. The normalized spacial score (nSPS) is 11.5. The van der Waals surface area contributed by atoms with Gasteiger partial charge in [-0.25, -0.2) is 9.97 Å². The average molecular weight is 451 g/mol. The highest BCUT2D eigenvalue weighted by Gasteiger charge is 2.19. The van der Waals surface area contributed by atoms with Gasteiger partial charge in [-0.1, -0.05) is 60.7 Å². The highest BCUT2D eigenvalue weighted by Crippen LogP contribution is 2.30. The molecule has 162 valence electrons. The van der Waals surface area contributed by atoms with E-state index < -0.39 is 0 Å². The van der Waals surface area contributed by atoms with Gasteiger partial charge < -0.3 is 9.67 Å². The molecule has 0 bridgehead atoms. The third-order valence-electron chi connectivity index (χ3n) is 6.12. The second kappa shape index (κ2) is 7.90. The van der Waals surface area contributed by atoms with Crippen LogP contribution in [-0.2, 0) is 19.9 Å². The molecule has 6 rings (SSSR count). The van der Waals surface area contributed by atoms with Crippen molar-refractivity contribution in [2.24, 2.45) is 7.05 Å². The number of aryl methyl sites for hydroxylation is 1. The van der Waals surface area contributed by atoms with Crippen molar-refractivity contribution in [2.75, 3.05) is 0 Å². The van der Waals surface area contributed by atoms with Crippen molar-refractivity contribution in [3.05, 3.63) is 107 Å². The van der Waals surface area contributed by atoms with E-state index in [0.717, 1.165) is 28.2 Å². The molecule has 0 aliphatic heterocycles. The first-order valence-electron chi connectivity index (χ1n) is 10.9. The summed E-state index contributed by atoms with van der Waals surface area (Å²) in [7, 11) is 2.06. The standard InChI is InChI=1S/C27H22N4OS/c1-30-20(16-25-24(30)12-13-33-25)15-22-27(32)31-17-23(19-10-6-3-7-11-19)28-21(26(31)29-22)14-18-8-4-2-5-9-18/h2-13,16-17,32H,14-15H2,1H3. The van der Waals surface area contributed by atoms with Gasteiger partial charge in [0.15, 0.2) is 5.65 Å². The Morgan fingerprint density at radius 1 is 0.879 bits per heavy atom. The number of aromatic hydroxyl groups is 1. The smallest absolute Gasteiger partial charge is 0.219 e. The van der Waals surface area contributed by atoms with E-state index in [4.69, 9.17) is 9.97 Å². The van der Waals surface area contributed by atoms with Crippen LogP contribution in [-0.4, -0.2) is 24.0 Å². The van der Waals surface area contributed by atoms with Gasteiger partial charge in [-0.3, -0.25) is 4.40 Å². The Morgan fingerprint density at radius 3 is 2.39 bits per heavy atom. The molecular weight excluding hydrogens is 428 g/mol. The zero-order valence-electron chi connectivity index (χ0n) is 18.1. The summed E-state index contributed by atoms with van der Waals surface area (Å²) < 4.78 is 5.20. The maximum Gasteiger partial charge on any atom is 0.219 e. The van der Waals surface area contributed by atoms with Crippen LogP contribution >= 0.6 is 11.3 Å². The second-order valence-electron chi connectivity index (χ2n) is 8.22. The number of fused-ring (bicyclic) bond motifs is 2. The third kappa shape index (κ3) is 3.49. The van der Waals surface area contributed by atoms with Gasteiger partial charge in [-0.15, -0.1) is 11.3 Å². The molecule has 4 heterocycles. The monoisotopic (exact) mass is 450 g/mol. The van der Waals surface area contributed by atoms with E-state index in [0.29, 0.717) is 24.2 Å². The van der Waals surface area contributed by atoms with E-state index in [1.54, 1.807) is 15.7 Å². The Balaban J connectivity index is 1.49. The summed E-state index contributed by atoms with van der Waals surface area (Å²) in [5.41, 5.74) is 7.50. The van der Waals surface area contributed by atoms with Gasteiger partial charge in [0.1, 0.15) is 5.69 Å². The van der Waals surface area contributed by atoms with Gasteiger partial charge in [0, 0.05) is 37.3 Å². The molecule has 5 nitrogen and oxygen atoms in total. The molecule has 6 heteroatoms. The largest absolute Gasteiger partial charge is 0.493 e. The Bertz CT molecular complexity index is 1580. The lowest BCUT2D eigenvalue weighted by Gasteiger charge is -2.08. The van der Waals surface area contributed by atoms with Gasteiger partial charge in [-0.2, -0.15) is 0 Å². The van der Waals surface area contributed by atoms with Crippen molar-refractivity contribution in [2.45, 2.75) is 12.8 Å². The van der Waals surface area contributed by atoms with E-state index in [2.05, 4.69) is 41.3 Å². The van der Waals surface area contributed by atoms with Gasteiger partial charge >= 0.3 is 0 Å². The molecule has 0 amide bonds. The maximum absolute atomic E-state index is 11.2. The number of hydrogen-bond donors (Lipinski definition) is 1. The summed E-state index contributed by atoms with van der Waals surface area (Å²) in [5.74, 6) is 0.170. The number of rotatable bonds is 5. The highest BCUT2D eigenvalue weighted by molar-refractivity contribution is 7.17. The summed E-state index contributed by atoms with van der Waals surface area (Å²) in [4.78, 5) is 9.85. The lowest BCUT2D eigenvalue weighted by Crippen LogP contribution is -2.00. The number of thiophene rings is 1. The summed E-state index contributed by atoms with van der Waals surface area (Å²) >= 11 is 1.73. The summed E-state index contributed by atoms with van der Waals surface area (Å²) in [6.07, 6.45) is 3.08. The molecule has 2 aromatic carbocycles. The first kappa shape index (κ1) is 19.8. The summed E-state index contributed by atoms with van der Waals surface area (Å²) in [6.45, 7) is 0. The zero-order chi connectivity index (χ0) is 22.4. The molecule has 0 saturated carbocycles. The molecule has 0 fully saturated rings. The number of imidazole rings is 1. The van der Waals surface area contributed by atoms with Gasteiger partial charge in [0.2, 0.25) is 5.88 Å². The summed E-state index contributed by atoms with van der Waals surface area (Å²) in [6, 6.07) is 24.6. The highest BCUT2D eigenvalue weighted by atomic mass is 32.1. The van der Waals surface area contributed by atoms with Gasteiger partial charge in [-0.05, 0) is 23.1 Å². The van der Waals surface area contributed by atoms with Crippen LogP contribution in [0.3, 0.4) is 0 Å². The molecule has 1 N–H and O–H groups in total. The van der Waals surface area contributed by atoms with E-state index in [-0.39, 0.29) is 5.88 Å². The van der Waals surface area contributed by atoms with Crippen LogP contribution < -0.4 is 0 Å². The molecule has 4 aromatic heterocycles. The van der Waals surface area contributed by atoms with E-state index in [1.807, 2.05) is 54.7 Å². The van der Waals surface area contributed by atoms with Crippen LogP contribution in [0.2, 0.25) is 0 Å². The molecule has 0 spiro atoms. The van der Waals surface area contributed by atoms with E-state index in [9.17, 15) is 5.11 Å². The van der Waals surface area contributed by atoms with Crippen LogP contribution in [0.5, 0.6) is 5.88 Å². The first-order valence-corrected chi connectivity index (χ1v) is 11.8. The predicted molar refractivity (Wildman–Crippen MR) is 133 cm³/mol. The lowest BCUT2D eigenvalue weighted by molar-refractivity contribution is 0.442. The Morgan fingerprint density at radius 2 is 1.64 bits per heavy atom. The molecular formula is C27H22N4OS. The molecule has 6 aromatic rings. The molecule has 0 saturated heterocycles. The fraction of sp³-hybridized carbons (Fsp3) is 0.111. The van der Waals surface area contributed by atoms with Crippen LogP contribution in [0.4, 0.5) is 0 Å². The quantitative estimate of drug-likeness (QED) is 0.359. The summed E-state index contributed by atoms with van der Waals surface area (Å²) in [5, 5.41) is 13.3. The maximum atomic E-state index is 11.2. The lowest BCUT2D eigenvalue weighted by atomic mass is 10.1. The molecule has 0 aliphatic rings. The Kier molecular flexibility index (Phi) is 4.73. The second-order valence-corrected chi connectivity index (χ2v) is 9.17. The van der Waals surface area contributed by atoms with Crippen molar-refractivity contribution in [1.29, 1.82) is 0 Å². The number of benzene rings is 2. The average Bonchev–Trinajstić information content (AvgIpc) is 3.52. The van der Waals surface area contributed by atoms with Gasteiger partial charge in [0.05, 0.1) is 21.6 Å². The molecule has 0 unspecified atom stereocenters. The van der Waals surface area contributed by atoms with Crippen molar-refractivity contribution in [1.82, 2.24) is 18.9 Å². The molecule has 0 radical (unpaired) electrons. The predicted octanol–water partition coefficient (Wildman–Crippen LogP) is 5.84. The minimum Gasteiger partial charge on any atom is -0.493 e. The van der Waals surface area contributed by atoms with E-state index in [1.165, 1.54) is 10.2 Å². The topological polar surface area (TPSA) is 55.4 Å². The van der Waals surface area contributed by atoms with Crippen LogP contribution in [0, 0.1) is 0 Å². The minimum atomic E-state index is 0.170. The fourth-order valence-electron chi connectivity index (χ4n) is 4.36. The van der Waals surface area contributed by atoms with Crippen molar-refractivity contribution in [3.63, 3.8) is 0 Å². The molecule has 0 atom stereocenters. The zero-order valence-corrected chi connectivity index (χ0v) is 19.0. The van der Waals surface area contributed by atoms with Crippen molar-refractivity contribution in [3.8, 4) is 17.1 Å². The Labute approximate surface area is 195 Å². The van der Waals surface area contributed by atoms with Crippen LogP contribution in [0.1, 0.15) is 22.6 Å². The third-order valence-corrected chi connectivity index (χ3v) is 6.97. The van der Waals surface area contributed by atoms with Crippen LogP contribution in [0.25, 0.3) is 27.1 Å². The van der Waals surface area contributed by atoms with Crippen LogP contribution in [0.15, 0.2) is 84.4 Å². The van der Waals surface area contributed by atoms with Crippen molar-refractivity contribution >= 4 is 27.2 Å². The first-order chi connectivity index (χ1) is 16.2. The minimum absolute atomic E-state index is 0.170. The fourth-order valence-corrected chi connectivity index (χ4v) is 5.23. The molecule has 0 aliphatic carbocycles. The van der Waals surface area contributed by atoms with Gasteiger partial charge in [0.25, 0.3) is 0 Å². The Hall–Kier alpha value is -3.90. The number of nitrogens with zero attached hydrogens (tertiary/aromatic N) is 4. The number of aromatic nitrogens is 4.